The lowest BCUT2D eigenvalue weighted by molar-refractivity contribution is 1.27. The molecule has 2 aromatic rings. The molecule has 2 aromatic heterocycles. The second-order valence-electron chi connectivity index (χ2n) is 2.55. The molecule has 0 aliphatic carbocycles. The number of hydrogen-bond acceptors (Lipinski definition) is 2. The predicted octanol–water partition coefficient (Wildman–Crippen LogP) is 2.47. The van der Waals surface area contributed by atoms with Gasteiger partial charge in [0.15, 0.2) is 0 Å². The van der Waals surface area contributed by atoms with Gasteiger partial charge in [-0.3, -0.25) is 9.97 Å². The minimum absolute atomic E-state index is 1.21. The third-order valence-corrected chi connectivity index (χ3v) is 1.38. The maximum atomic E-state index is 3.88. The Bertz CT molecular complexity index is 279. The van der Waals surface area contributed by atoms with Crippen LogP contribution in [0.2, 0.25) is 0 Å². The molecule has 0 aromatic carbocycles. The Morgan fingerprint density at radius 2 is 1.54 bits per heavy atom. The van der Waals surface area contributed by atoms with Crippen LogP contribution in [0.3, 0.4) is 0 Å². The highest BCUT2D eigenvalue weighted by Crippen LogP contribution is 1.88. The van der Waals surface area contributed by atoms with Gasteiger partial charge in [0.2, 0.25) is 0 Å². The van der Waals surface area contributed by atoms with Gasteiger partial charge in [0, 0.05) is 24.8 Å². The quantitative estimate of drug-likeness (QED) is 0.610. The van der Waals surface area contributed by atoms with Crippen molar-refractivity contribution in [2.75, 3.05) is 0 Å². The first kappa shape index (κ1) is 9.39. The van der Waals surface area contributed by atoms with Crippen LogP contribution < -0.4 is 0 Å². The summed E-state index contributed by atoms with van der Waals surface area (Å²) in [6.45, 7) is 2.02. The molecule has 0 saturated carbocycles. The average Bonchev–Trinajstić information content (AvgIpc) is 2.22. The zero-order valence-electron chi connectivity index (χ0n) is 7.59. The van der Waals surface area contributed by atoms with Crippen LogP contribution in [0.1, 0.15) is 5.56 Å². The lowest BCUT2D eigenvalue weighted by Gasteiger charge is -1.82. The van der Waals surface area contributed by atoms with Gasteiger partial charge in [-0.25, -0.2) is 0 Å². The standard InChI is InChI=1S/C6H7N.C5H5N/c1-6-3-2-4-7-5-6;1-2-4-6-5-3-1/h2-5H,1H3;1-5H. The number of aromatic nitrogens is 2. The molecule has 0 fully saturated rings. The fraction of sp³-hybridized carbons (Fsp3) is 0.0909. The van der Waals surface area contributed by atoms with Crippen molar-refractivity contribution in [3.63, 3.8) is 0 Å². The van der Waals surface area contributed by atoms with E-state index in [1.54, 1.807) is 18.6 Å². The molecule has 0 spiro atoms. The van der Waals surface area contributed by atoms with E-state index in [9.17, 15) is 0 Å². The van der Waals surface area contributed by atoms with Crippen LogP contribution in [0.4, 0.5) is 0 Å². The van der Waals surface area contributed by atoms with Gasteiger partial charge < -0.3 is 0 Å². The number of hydrogen-bond donors (Lipinski definition) is 0. The molecule has 0 amide bonds. The van der Waals surface area contributed by atoms with E-state index in [2.05, 4.69) is 9.97 Å². The molecule has 0 saturated heterocycles. The Hall–Kier alpha value is -1.70. The first-order chi connectivity index (χ1) is 6.39. The van der Waals surface area contributed by atoms with E-state index in [0.29, 0.717) is 0 Å². The van der Waals surface area contributed by atoms with Crippen molar-refractivity contribution in [3.05, 3.63) is 60.7 Å². The summed E-state index contributed by atoms with van der Waals surface area (Å²) < 4.78 is 0. The summed E-state index contributed by atoms with van der Waals surface area (Å²) in [4.78, 5) is 7.67. The summed E-state index contributed by atoms with van der Waals surface area (Å²) in [6.07, 6.45) is 7.10. The van der Waals surface area contributed by atoms with E-state index in [1.165, 1.54) is 5.56 Å². The Kier molecular flexibility index (Phi) is 4.25. The highest BCUT2D eigenvalue weighted by atomic mass is 14.6. The van der Waals surface area contributed by atoms with Crippen LogP contribution in [0, 0.1) is 6.92 Å². The van der Waals surface area contributed by atoms with Crippen LogP contribution in [0.25, 0.3) is 0 Å². The van der Waals surface area contributed by atoms with Crippen LogP contribution in [0.15, 0.2) is 55.1 Å². The average molecular weight is 172 g/mol. The maximum Gasteiger partial charge on any atom is 0.0297 e. The first-order valence-corrected chi connectivity index (χ1v) is 4.11. The second kappa shape index (κ2) is 5.89. The van der Waals surface area contributed by atoms with Crippen molar-refractivity contribution < 1.29 is 0 Å². The third kappa shape index (κ3) is 4.69. The number of rotatable bonds is 0. The largest absolute Gasteiger partial charge is 0.265 e. The summed E-state index contributed by atoms with van der Waals surface area (Å²) in [5.74, 6) is 0. The fourth-order valence-electron chi connectivity index (χ4n) is 0.761. The molecule has 2 heteroatoms. The summed E-state index contributed by atoms with van der Waals surface area (Å²) in [6, 6.07) is 9.66. The Morgan fingerprint density at radius 1 is 0.846 bits per heavy atom. The van der Waals surface area contributed by atoms with Gasteiger partial charge in [0.05, 0.1) is 0 Å². The van der Waals surface area contributed by atoms with Gasteiger partial charge in [-0.1, -0.05) is 12.1 Å². The molecular formula is C11H12N2. The molecule has 2 rings (SSSR count). The van der Waals surface area contributed by atoms with Crippen molar-refractivity contribution >= 4 is 0 Å². The van der Waals surface area contributed by atoms with Crippen molar-refractivity contribution in [3.8, 4) is 0 Å². The molecule has 2 nitrogen and oxygen atoms in total. The minimum atomic E-state index is 1.21. The summed E-state index contributed by atoms with van der Waals surface area (Å²) in [5.41, 5.74) is 1.21. The van der Waals surface area contributed by atoms with Gasteiger partial charge in [0.25, 0.3) is 0 Å². The second-order valence-corrected chi connectivity index (χ2v) is 2.55. The van der Waals surface area contributed by atoms with E-state index < -0.39 is 0 Å². The van der Waals surface area contributed by atoms with Gasteiger partial charge in [-0.05, 0) is 30.7 Å². The highest BCUT2D eigenvalue weighted by molar-refractivity contribution is 5.04. The molecular weight excluding hydrogens is 160 g/mol. The van der Waals surface area contributed by atoms with Crippen molar-refractivity contribution in [2.24, 2.45) is 0 Å². The number of aryl methyl sites for hydroxylation is 1. The first-order valence-electron chi connectivity index (χ1n) is 4.11. The zero-order chi connectivity index (χ0) is 9.36. The monoisotopic (exact) mass is 172 g/mol. The van der Waals surface area contributed by atoms with E-state index in [1.807, 2.05) is 43.5 Å². The molecule has 13 heavy (non-hydrogen) atoms. The SMILES string of the molecule is Cc1cccnc1.c1ccncc1. The zero-order valence-corrected chi connectivity index (χ0v) is 7.59. The van der Waals surface area contributed by atoms with Crippen LogP contribution in [-0.4, -0.2) is 9.97 Å². The fourth-order valence-corrected chi connectivity index (χ4v) is 0.761. The highest BCUT2D eigenvalue weighted by Gasteiger charge is 1.73. The number of nitrogens with zero attached hydrogens (tertiary/aromatic N) is 2. The predicted molar refractivity (Wildman–Crippen MR) is 53.2 cm³/mol. The van der Waals surface area contributed by atoms with Gasteiger partial charge in [-0.15, -0.1) is 0 Å². The van der Waals surface area contributed by atoms with Crippen LogP contribution in [0.5, 0.6) is 0 Å². The molecule has 0 radical (unpaired) electrons. The summed E-state index contributed by atoms with van der Waals surface area (Å²) >= 11 is 0. The van der Waals surface area contributed by atoms with Crippen molar-refractivity contribution in [1.82, 2.24) is 9.97 Å². The molecule has 0 N–H and O–H groups in total. The Labute approximate surface area is 78.3 Å². The minimum Gasteiger partial charge on any atom is -0.265 e. The van der Waals surface area contributed by atoms with Gasteiger partial charge in [-0.2, -0.15) is 0 Å². The maximum absolute atomic E-state index is 3.88. The summed E-state index contributed by atoms with van der Waals surface area (Å²) in [7, 11) is 0. The summed E-state index contributed by atoms with van der Waals surface area (Å²) in [5, 5.41) is 0. The molecule has 2 heterocycles. The van der Waals surface area contributed by atoms with Gasteiger partial charge in [0.1, 0.15) is 0 Å². The van der Waals surface area contributed by atoms with Crippen LogP contribution >= 0.6 is 0 Å². The normalized spacial score (nSPS) is 8.38. The van der Waals surface area contributed by atoms with Crippen molar-refractivity contribution in [1.29, 1.82) is 0 Å². The lowest BCUT2D eigenvalue weighted by atomic mass is 10.3. The topological polar surface area (TPSA) is 25.8 Å². The van der Waals surface area contributed by atoms with Gasteiger partial charge >= 0.3 is 0 Å². The van der Waals surface area contributed by atoms with Crippen molar-refractivity contribution in [2.45, 2.75) is 6.92 Å². The van der Waals surface area contributed by atoms with E-state index in [4.69, 9.17) is 0 Å². The lowest BCUT2D eigenvalue weighted by Crippen LogP contribution is -1.69. The van der Waals surface area contributed by atoms with E-state index >= 15 is 0 Å². The molecule has 0 aliphatic rings. The number of pyridine rings is 2. The van der Waals surface area contributed by atoms with E-state index in [-0.39, 0.29) is 0 Å². The molecule has 0 aliphatic heterocycles. The Morgan fingerprint density at radius 3 is 1.77 bits per heavy atom. The van der Waals surface area contributed by atoms with Crippen LogP contribution in [-0.2, 0) is 0 Å². The Balaban J connectivity index is 0.000000132. The molecule has 0 unspecified atom stereocenters. The molecule has 0 atom stereocenters. The smallest absolute Gasteiger partial charge is 0.0297 e. The van der Waals surface area contributed by atoms with E-state index in [0.717, 1.165) is 0 Å². The molecule has 0 bridgehead atoms. The molecule has 66 valence electrons. The third-order valence-electron chi connectivity index (χ3n) is 1.38.